The van der Waals surface area contributed by atoms with Gasteiger partial charge in [0.1, 0.15) is 6.20 Å². The fraction of sp³-hybridized carbons (Fsp3) is 0.727. The average Bonchev–Trinajstić information content (AvgIpc) is 3.05. The minimum Gasteiger partial charge on any atom is -0.346 e. The van der Waals surface area contributed by atoms with Crippen molar-refractivity contribution in [1.29, 1.82) is 0 Å². The number of thiazole rings is 1. The third kappa shape index (κ3) is 2.87. The van der Waals surface area contributed by atoms with E-state index >= 15 is 0 Å². The topological polar surface area (TPSA) is 96.7 Å². The molecule has 2 aliphatic rings. The summed E-state index contributed by atoms with van der Waals surface area (Å²) < 4.78 is 25.6. The molecular formula is C11H16N4O4S2. The minimum atomic E-state index is -3.12. The van der Waals surface area contributed by atoms with E-state index in [1.807, 2.05) is 4.90 Å². The number of aromatic nitrogens is 1. The van der Waals surface area contributed by atoms with Gasteiger partial charge in [0.25, 0.3) is 0 Å². The quantitative estimate of drug-likeness (QED) is 0.606. The fourth-order valence-electron chi connectivity index (χ4n) is 2.92. The molecule has 1 aromatic heterocycles. The molecular weight excluding hydrogens is 316 g/mol. The molecule has 21 heavy (non-hydrogen) atoms. The van der Waals surface area contributed by atoms with Crippen LogP contribution in [0.2, 0.25) is 0 Å². The molecule has 2 saturated heterocycles. The van der Waals surface area contributed by atoms with Gasteiger partial charge in [0.05, 0.1) is 10.7 Å². The number of anilines is 1. The highest BCUT2D eigenvalue weighted by Gasteiger charge is 2.37. The van der Waals surface area contributed by atoms with Crippen LogP contribution in [-0.2, 0) is 10.0 Å². The number of nitro groups is 1. The van der Waals surface area contributed by atoms with Crippen molar-refractivity contribution in [1.82, 2.24) is 9.29 Å². The molecule has 10 heteroatoms. The van der Waals surface area contributed by atoms with Crippen LogP contribution in [0.4, 0.5) is 10.1 Å². The van der Waals surface area contributed by atoms with Crippen LogP contribution in [0.1, 0.15) is 19.3 Å². The van der Waals surface area contributed by atoms with Gasteiger partial charge in [-0.25, -0.2) is 13.4 Å². The zero-order chi connectivity index (χ0) is 15.0. The summed E-state index contributed by atoms with van der Waals surface area (Å²) in [4.78, 5) is 16.3. The Hall–Kier alpha value is -1.26. The Bertz CT molecular complexity index is 644. The van der Waals surface area contributed by atoms with Crippen molar-refractivity contribution in [3.8, 4) is 0 Å². The first-order valence-corrected chi connectivity index (χ1v) is 9.24. The van der Waals surface area contributed by atoms with Crippen LogP contribution in [0.3, 0.4) is 0 Å². The standard InChI is InChI=1S/C11H16N4O4S2/c16-15(17)10-7-12-11(20-10)13-4-1-3-9(8-13)14-5-2-6-21(14,18)19/h7,9H,1-6,8H2/t9-/m1/s1. The Labute approximate surface area is 126 Å². The van der Waals surface area contributed by atoms with Crippen LogP contribution >= 0.6 is 11.3 Å². The maximum Gasteiger partial charge on any atom is 0.345 e. The predicted octanol–water partition coefficient (Wildman–Crippen LogP) is 1.06. The van der Waals surface area contributed by atoms with Gasteiger partial charge in [-0.05, 0) is 30.6 Å². The Kier molecular flexibility index (Phi) is 3.84. The molecule has 0 amide bonds. The van der Waals surface area contributed by atoms with Crippen molar-refractivity contribution in [3.05, 3.63) is 16.3 Å². The Morgan fingerprint density at radius 3 is 2.81 bits per heavy atom. The van der Waals surface area contributed by atoms with Gasteiger partial charge in [-0.15, -0.1) is 0 Å². The maximum atomic E-state index is 12.0. The number of sulfonamides is 1. The lowest BCUT2D eigenvalue weighted by atomic mass is 10.1. The first-order chi connectivity index (χ1) is 9.97. The Morgan fingerprint density at radius 2 is 2.19 bits per heavy atom. The molecule has 0 aromatic carbocycles. The summed E-state index contributed by atoms with van der Waals surface area (Å²) in [5.41, 5.74) is 0. The third-order valence-corrected chi connectivity index (χ3v) is 6.88. The van der Waals surface area contributed by atoms with E-state index in [9.17, 15) is 18.5 Å². The summed E-state index contributed by atoms with van der Waals surface area (Å²) in [5, 5.41) is 11.3. The van der Waals surface area contributed by atoms with Crippen molar-refractivity contribution in [3.63, 3.8) is 0 Å². The fourth-order valence-corrected chi connectivity index (χ4v) is 5.45. The third-order valence-electron chi connectivity index (χ3n) is 3.87. The van der Waals surface area contributed by atoms with Crippen LogP contribution in [0.25, 0.3) is 0 Å². The molecule has 8 nitrogen and oxygen atoms in total. The molecule has 3 rings (SSSR count). The van der Waals surface area contributed by atoms with Crippen LogP contribution in [0.15, 0.2) is 6.20 Å². The highest BCUT2D eigenvalue weighted by atomic mass is 32.2. The summed E-state index contributed by atoms with van der Waals surface area (Å²) >= 11 is 1.04. The van der Waals surface area contributed by atoms with Crippen molar-refractivity contribution in [2.75, 3.05) is 30.3 Å². The second-order valence-electron chi connectivity index (χ2n) is 5.26. The van der Waals surface area contributed by atoms with E-state index in [2.05, 4.69) is 4.98 Å². The first kappa shape index (κ1) is 14.7. The van der Waals surface area contributed by atoms with E-state index in [0.717, 1.165) is 30.7 Å². The smallest absolute Gasteiger partial charge is 0.345 e. The highest BCUT2D eigenvalue weighted by molar-refractivity contribution is 7.89. The lowest BCUT2D eigenvalue weighted by Crippen LogP contribution is -2.48. The van der Waals surface area contributed by atoms with Crippen molar-refractivity contribution < 1.29 is 13.3 Å². The molecule has 0 radical (unpaired) electrons. The average molecular weight is 332 g/mol. The van der Waals surface area contributed by atoms with Gasteiger partial charge >= 0.3 is 5.00 Å². The molecule has 2 fully saturated rings. The lowest BCUT2D eigenvalue weighted by molar-refractivity contribution is -0.380. The number of rotatable bonds is 3. The van der Waals surface area contributed by atoms with E-state index in [1.165, 1.54) is 6.20 Å². The molecule has 3 heterocycles. The van der Waals surface area contributed by atoms with Crippen molar-refractivity contribution >= 4 is 31.5 Å². The zero-order valence-corrected chi connectivity index (χ0v) is 13.0. The highest BCUT2D eigenvalue weighted by Crippen LogP contribution is 2.32. The SMILES string of the molecule is O=[N+]([O-])c1cnc(N2CCC[C@@H](N3CCCS3(=O)=O)C2)s1. The predicted molar refractivity (Wildman–Crippen MR) is 79.1 cm³/mol. The Morgan fingerprint density at radius 1 is 1.38 bits per heavy atom. The second kappa shape index (κ2) is 5.50. The molecule has 2 aliphatic heterocycles. The van der Waals surface area contributed by atoms with Crippen molar-refractivity contribution in [2.24, 2.45) is 0 Å². The van der Waals surface area contributed by atoms with Gasteiger partial charge in [0, 0.05) is 25.7 Å². The normalized spacial score (nSPS) is 26.1. The number of piperidine rings is 1. The monoisotopic (exact) mass is 332 g/mol. The molecule has 0 unspecified atom stereocenters. The summed E-state index contributed by atoms with van der Waals surface area (Å²) in [5.74, 6) is 0.228. The van der Waals surface area contributed by atoms with Crippen LogP contribution in [0.5, 0.6) is 0 Å². The molecule has 116 valence electrons. The van der Waals surface area contributed by atoms with E-state index in [0.29, 0.717) is 24.6 Å². The molecule has 1 atom stereocenters. The summed E-state index contributed by atoms with van der Waals surface area (Å²) in [6.45, 7) is 1.90. The Balaban J connectivity index is 1.75. The molecule has 0 spiro atoms. The summed E-state index contributed by atoms with van der Waals surface area (Å²) in [6.07, 6.45) is 3.64. The molecule has 0 N–H and O–H groups in total. The number of hydrogen-bond donors (Lipinski definition) is 0. The minimum absolute atomic E-state index is 0.0147. The number of nitrogens with zero attached hydrogens (tertiary/aromatic N) is 4. The molecule has 0 bridgehead atoms. The van der Waals surface area contributed by atoms with Gasteiger partial charge < -0.3 is 4.90 Å². The van der Waals surface area contributed by atoms with Gasteiger partial charge in [-0.2, -0.15) is 4.31 Å². The van der Waals surface area contributed by atoms with Gasteiger partial charge in [0.2, 0.25) is 10.0 Å². The second-order valence-corrected chi connectivity index (χ2v) is 8.29. The largest absolute Gasteiger partial charge is 0.346 e. The van der Waals surface area contributed by atoms with Gasteiger partial charge in [-0.3, -0.25) is 10.1 Å². The zero-order valence-electron chi connectivity index (χ0n) is 11.3. The van der Waals surface area contributed by atoms with E-state index < -0.39 is 14.9 Å². The van der Waals surface area contributed by atoms with E-state index in [1.54, 1.807) is 4.31 Å². The summed E-state index contributed by atoms with van der Waals surface area (Å²) in [6, 6.07) is -0.0470. The molecule has 1 aromatic rings. The maximum absolute atomic E-state index is 12.0. The summed E-state index contributed by atoms with van der Waals surface area (Å²) in [7, 11) is -3.12. The van der Waals surface area contributed by atoms with Crippen molar-refractivity contribution in [2.45, 2.75) is 25.3 Å². The lowest BCUT2D eigenvalue weighted by Gasteiger charge is -2.36. The van der Waals surface area contributed by atoms with Crippen LogP contribution in [0, 0.1) is 10.1 Å². The van der Waals surface area contributed by atoms with Gasteiger partial charge in [0.15, 0.2) is 5.13 Å². The van der Waals surface area contributed by atoms with Crippen LogP contribution in [-0.4, -0.2) is 54.1 Å². The van der Waals surface area contributed by atoms with E-state index in [4.69, 9.17) is 0 Å². The first-order valence-electron chi connectivity index (χ1n) is 6.82. The van der Waals surface area contributed by atoms with E-state index in [-0.39, 0.29) is 16.8 Å². The molecule has 0 saturated carbocycles. The number of hydrogen-bond acceptors (Lipinski definition) is 7. The molecule has 0 aliphatic carbocycles. The van der Waals surface area contributed by atoms with Crippen LogP contribution < -0.4 is 4.90 Å². The van der Waals surface area contributed by atoms with Gasteiger partial charge in [-0.1, -0.05) is 0 Å².